The highest BCUT2D eigenvalue weighted by molar-refractivity contribution is 5.78. The molecular formula is C35H49NO9. The third-order valence-electron chi connectivity index (χ3n) is 10.1. The number of aliphatic hydroxyl groups excluding tert-OH is 1. The van der Waals surface area contributed by atoms with Crippen LogP contribution in [0.25, 0.3) is 6.08 Å². The molecule has 2 bridgehead atoms. The Morgan fingerprint density at radius 1 is 1.16 bits per heavy atom. The first-order chi connectivity index (χ1) is 21.4. The van der Waals surface area contributed by atoms with Crippen molar-refractivity contribution < 1.29 is 42.8 Å². The van der Waals surface area contributed by atoms with Crippen LogP contribution in [-0.4, -0.2) is 77.5 Å². The molecule has 10 nitrogen and oxygen atoms in total. The van der Waals surface area contributed by atoms with Gasteiger partial charge in [-0.2, -0.15) is 0 Å². The molecule has 5 rings (SSSR count). The van der Waals surface area contributed by atoms with Crippen LogP contribution in [0.5, 0.6) is 0 Å². The Labute approximate surface area is 266 Å². The molecule has 11 unspecified atom stereocenters. The SMILES string of the molecule is COC(/C(C)=C/C=C/C(C)=C/c1coc(C)n1)C(C)C1CC(O)C2(C)OC2CCC(C)C2CC(CC(=O)O2)CC2OC2C(=O)O1. The average Bonchev–Trinajstić information content (AvgIpc) is 3.86. The number of carbonyl (C=O) groups excluding carboxylic acids is 2. The minimum atomic E-state index is -0.853. The first-order valence-corrected chi connectivity index (χ1v) is 16.3. The molecule has 0 saturated carbocycles. The number of cyclic esters (lactones) is 1. The van der Waals surface area contributed by atoms with Gasteiger partial charge in [0.2, 0.25) is 0 Å². The Balaban J connectivity index is 1.31. The summed E-state index contributed by atoms with van der Waals surface area (Å²) in [6.45, 7) is 11.8. The van der Waals surface area contributed by atoms with E-state index in [1.807, 2.05) is 52.0 Å². The van der Waals surface area contributed by atoms with Crippen LogP contribution >= 0.6 is 0 Å². The molecular weight excluding hydrogens is 578 g/mol. The summed E-state index contributed by atoms with van der Waals surface area (Å²) in [5.41, 5.74) is 1.97. The summed E-state index contributed by atoms with van der Waals surface area (Å²) in [5.74, 6) is -0.0326. The predicted octanol–water partition coefficient (Wildman–Crippen LogP) is 5.27. The van der Waals surface area contributed by atoms with Crippen LogP contribution < -0.4 is 0 Å². The van der Waals surface area contributed by atoms with Gasteiger partial charge in [-0.3, -0.25) is 4.79 Å². The van der Waals surface area contributed by atoms with Crippen LogP contribution in [0.2, 0.25) is 0 Å². The first kappa shape index (κ1) is 33.6. The van der Waals surface area contributed by atoms with Gasteiger partial charge in [-0.15, -0.1) is 0 Å². The summed E-state index contributed by atoms with van der Waals surface area (Å²) in [4.78, 5) is 30.1. The Kier molecular flexibility index (Phi) is 10.4. The second kappa shape index (κ2) is 13.9. The average molecular weight is 628 g/mol. The van der Waals surface area contributed by atoms with Gasteiger partial charge in [-0.1, -0.05) is 32.1 Å². The van der Waals surface area contributed by atoms with Crippen LogP contribution in [0, 0.1) is 24.7 Å². The number of hydrogen-bond donors (Lipinski definition) is 1. The highest BCUT2D eigenvalue weighted by Crippen LogP contribution is 2.46. The molecule has 4 aliphatic heterocycles. The molecule has 4 aliphatic rings. The van der Waals surface area contributed by atoms with Crippen molar-refractivity contribution in [2.75, 3.05) is 7.11 Å². The molecule has 1 aromatic rings. The molecule has 4 fully saturated rings. The molecule has 11 atom stereocenters. The van der Waals surface area contributed by atoms with Crippen molar-refractivity contribution in [3.05, 3.63) is 47.2 Å². The number of methoxy groups -OCH3 is 1. The maximum absolute atomic E-state index is 13.4. The van der Waals surface area contributed by atoms with Gasteiger partial charge >= 0.3 is 11.9 Å². The molecule has 1 N–H and O–H groups in total. The molecule has 10 heteroatoms. The first-order valence-electron chi connectivity index (χ1n) is 16.3. The van der Waals surface area contributed by atoms with Crippen LogP contribution in [0.4, 0.5) is 0 Å². The van der Waals surface area contributed by atoms with Gasteiger partial charge in [0.05, 0.1) is 24.4 Å². The van der Waals surface area contributed by atoms with E-state index in [-0.39, 0.29) is 54.6 Å². The normalized spacial score (nSPS) is 37.7. The second-order valence-corrected chi connectivity index (χ2v) is 13.7. The molecule has 0 spiro atoms. The zero-order chi connectivity index (χ0) is 32.5. The molecule has 248 valence electrons. The molecule has 0 radical (unpaired) electrons. The third kappa shape index (κ3) is 8.14. The fourth-order valence-electron chi connectivity index (χ4n) is 7.03. The highest BCUT2D eigenvalue weighted by Gasteiger charge is 2.58. The lowest BCUT2D eigenvalue weighted by atomic mass is 9.82. The van der Waals surface area contributed by atoms with Crippen LogP contribution in [0.3, 0.4) is 0 Å². The number of oxazole rings is 1. The van der Waals surface area contributed by atoms with E-state index in [1.54, 1.807) is 20.3 Å². The van der Waals surface area contributed by atoms with Crippen molar-refractivity contribution in [1.82, 2.24) is 4.98 Å². The molecule has 45 heavy (non-hydrogen) atoms. The third-order valence-corrected chi connectivity index (χ3v) is 10.1. The van der Waals surface area contributed by atoms with E-state index in [0.29, 0.717) is 18.7 Å². The maximum atomic E-state index is 13.4. The van der Waals surface area contributed by atoms with Gasteiger partial charge in [0.15, 0.2) is 12.0 Å². The van der Waals surface area contributed by atoms with Crippen molar-refractivity contribution >= 4 is 18.0 Å². The van der Waals surface area contributed by atoms with Crippen molar-refractivity contribution in [2.45, 2.75) is 128 Å². The van der Waals surface area contributed by atoms with Gasteiger partial charge in [0.25, 0.3) is 0 Å². The number of aromatic nitrogens is 1. The van der Waals surface area contributed by atoms with Crippen LogP contribution in [0.1, 0.15) is 84.7 Å². The lowest BCUT2D eigenvalue weighted by Crippen LogP contribution is -2.42. The summed E-state index contributed by atoms with van der Waals surface area (Å²) in [5, 5.41) is 11.4. The topological polar surface area (TPSA) is 133 Å². The molecule has 1 aromatic heterocycles. The molecule has 0 amide bonds. The van der Waals surface area contributed by atoms with Crippen molar-refractivity contribution in [2.24, 2.45) is 17.8 Å². The number of ether oxygens (including phenoxy) is 5. The number of aliphatic hydroxyl groups is 1. The lowest BCUT2D eigenvalue weighted by Gasteiger charge is -2.33. The number of fused-ring (bicyclic) bond motifs is 4. The fraction of sp³-hybridized carbons (Fsp3) is 0.686. The van der Waals surface area contributed by atoms with Gasteiger partial charge < -0.3 is 33.2 Å². The van der Waals surface area contributed by atoms with Crippen LogP contribution in [0.15, 0.2) is 40.1 Å². The minimum absolute atomic E-state index is 0.102. The minimum Gasteiger partial charge on any atom is -0.462 e. The van der Waals surface area contributed by atoms with E-state index < -0.39 is 29.9 Å². The molecule has 0 aliphatic carbocycles. The van der Waals surface area contributed by atoms with E-state index >= 15 is 0 Å². The number of nitrogens with zero attached hydrogens (tertiary/aromatic N) is 1. The quantitative estimate of drug-likeness (QED) is 0.242. The Bertz CT molecular complexity index is 1320. The zero-order valence-corrected chi connectivity index (χ0v) is 27.6. The summed E-state index contributed by atoms with van der Waals surface area (Å²) in [6, 6.07) is 0. The van der Waals surface area contributed by atoms with E-state index in [4.69, 9.17) is 28.1 Å². The van der Waals surface area contributed by atoms with Gasteiger partial charge in [-0.25, -0.2) is 9.78 Å². The molecule has 4 saturated heterocycles. The van der Waals surface area contributed by atoms with Gasteiger partial charge in [0, 0.05) is 32.8 Å². The van der Waals surface area contributed by atoms with E-state index in [9.17, 15) is 14.7 Å². The Hall–Kier alpha value is -2.79. The van der Waals surface area contributed by atoms with Gasteiger partial charge in [-0.05, 0) is 75.5 Å². The van der Waals surface area contributed by atoms with Crippen molar-refractivity contribution in [3.63, 3.8) is 0 Å². The summed E-state index contributed by atoms with van der Waals surface area (Å²) in [7, 11) is 1.64. The number of rotatable bonds is 7. The summed E-state index contributed by atoms with van der Waals surface area (Å²) >= 11 is 0. The molecule has 5 heterocycles. The summed E-state index contributed by atoms with van der Waals surface area (Å²) < 4.78 is 34.9. The number of epoxide rings is 2. The van der Waals surface area contributed by atoms with Crippen molar-refractivity contribution in [1.29, 1.82) is 0 Å². The molecule has 0 aromatic carbocycles. The Morgan fingerprint density at radius 3 is 2.62 bits per heavy atom. The van der Waals surface area contributed by atoms with E-state index in [1.165, 1.54) is 0 Å². The van der Waals surface area contributed by atoms with E-state index in [0.717, 1.165) is 36.1 Å². The number of esters is 2. The maximum Gasteiger partial charge on any atom is 0.338 e. The number of carbonyl (C=O) groups is 2. The number of allylic oxidation sites excluding steroid dienone is 4. The van der Waals surface area contributed by atoms with Crippen LogP contribution in [-0.2, 0) is 33.3 Å². The monoisotopic (exact) mass is 627 g/mol. The standard InChI is InChI=1S/C35H49NO9/c1-19(13-25-18-41-23(5)36-25)9-8-10-21(3)32(40-7)22(4)27-17-29(37)35(6)30(45-35)12-11-20(2)26-14-24(16-31(38)42-26)15-28-33(43-28)34(39)44-27/h8-10,13,18,20,22,24,26-30,32-33,37H,11-12,14-17H2,1-7H3/b9-8+,19-13+,21-10+. The smallest absolute Gasteiger partial charge is 0.338 e. The summed E-state index contributed by atoms with van der Waals surface area (Å²) in [6.07, 6.45) is 9.83. The van der Waals surface area contributed by atoms with E-state index in [2.05, 4.69) is 11.9 Å². The number of hydrogen-bond acceptors (Lipinski definition) is 10. The number of aryl methyl sites for hydroxylation is 1. The largest absolute Gasteiger partial charge is 0.462 e. The van der Waals surface area contributed by atoms with Crippen molar-refractivity contribution in [3.8, 4) is 0 Å². The zero-order valence-electron chi connectivity index (χ0n) is 27.6. The second-order valence-electron chi connectivity index (χ2n) is 13.7. The lowest BCUT2D eigenvalue weighted by molar-refractivity contribution is -0.160. The van der Waals surface area contributed by atoms with Gasteiger partial charge in [0.1, 0.15) is 29.8 Å². The fourth-order valence-corrected chi connectivity index (χ4v) is 7.03. The highest BCUT2D eigenvalue weighted by atomic mass is 16.6. The Morgan fingerprint density at radius 2 is 1.91 bits per heavy atom. The predicted molar refractivity (Wildman–Crippen MR) is 166 cm³/mol.